The van der Waals surface area contributed by atoms with Gasteiger partial charge in [-0.05, 0) is 30.9 Å². The van der Waals surface area contributed by atoms with Crippen LogP contribution in [-0.2, 0) is 6.54 Å². The van der Waals surface area contributed by atoms with Gasteiger partial charge < -0.3 is 4.90 Å². The van der Waals surface area contributed by atoms with Gasteiger partial charge in [0.15, 0.2) is 0 Å². The van der Waals surface area contributed by atoms with Crippen molar-refractivity contribution < 1.29 is 4.79 Å². The number of hydrogen-bond acceptors (Lipinski definition) is 3. The Kier molecular flexibility index (Phi) is 4.34. The summed E-state index contributed by atoms with van der Waals surface area (Å²) in [4.78, 5) is 17.1. The number of H-pyrrole nitrogens is 1. The summed E-state index contributed by atoms with van der Waals surface area (Å²) in [6.45, 7) is 4.50. The number of hydrogen-bond donors (Lipinski definition) is 1. The van der Waals surface area contributed by atoms with Gasteiger partial charge in [0.1, 0.15) is 5.69 Å². The Hall–Kier alpha value is -2.14. The summed E-state index contributed by atoms with van der Waals surface area (Å²) < 4.78 is 0. The van der Waals surface area contributed by atoms with Crippen LogP contribution in [-0.4, -0.2) is 52.1 Å². The molecule has 1 amide bonds. The molecular formula is C19H24N4O. The van der Waals surface area contributed by atoms with Crippen LogP contribution in [0.15, 0.2) is 36.4 Å². The average molecular weight is 324 g/mol. The molecule has 126 valence electrons. The zero-order valence-electron chi connectivity index (χ0n) is 13.9. The summed E-state index contributed by atoms with van der Waals surface area (Å²) in [5.74, 6) is 0.671. The van der Waals surface area contributed by atoms with Crippen molar-refractivity contribution in [3.8, 4) is 0 Å². The molecule has 1 aliphatic carbocycles. The number of carbonyl (C=O) groups is 1. The van der Waals surface area contributed by atoms with Crippen LogP contribution in [0, 0.1) is 0 Å². The first kappa shape index (κ1) is 15.4. The molecule has 1 aliphatic heterocycles. The first-order valence-corrected chi connectivity index (χ1v) is 8.90. The second-order valence-electron chi connectivity index (χ2n) is 6.89. The Morgan fingerprint density at radius 1 is 1.12 bits per heavy atom. The normalized spacial score (nSPS) is 19.2. The van der Waals surface area contributed by atoms with E-state index in [9.17, 15) is 4.79 Å². The highest BCUT2D eigenvalue weighted by atomic mass is 16.2. The van der Waals surface area contributed by atoms with E-state index in [0.717, 1.165) is 44.8 Å². The van der Waals surface area contributed by atoms with Crippen LogP contribution in [0.25, 0.3) is 0 Å². The van der Waals surface area contributed by atoms with Gasteiger partial charge in [-0.1, -0.05) is 30.3 Å². The zero-order valence-corrected chi connectivity index (χ0v) is 13.9. The van der Waals surface area contributed by atoms with Gasteiger partial charge in [-0.2, -0.15) is 5.10 Å². The molecule has 2 fully saturated rings. The summed E-state index contributed by atoms with van der Waals surface area (Å²) in [6, 6.07) is 12.5. The Bertz CT molecular complexity index is 692. The van der Waals surface area contributed by atoms with Gasteiger partial charge in [0, 0.05) is 44.3 Å². The van der Waals surface area contributed by atoms with Crippen molar-refractivity contribution in [1.29, 1.82) is 0 Å². The van der Waals surface area contributed by atoms with E-state index in [1.54, 1.807) is 0 Å². The molecule has 1 N–H and O–H groups in total. The monoisotopic (exact) mass is 324 g/mol. The second-order valence-corrected chi connectivity index (χ2v) is 6.89. The van der Waals surface area contributed by atoms with Crippen molar-refractivity contribution >= 4 is 5.91 Å². The third-order valence-electron chi connectivity index (χ3n) is 4.96. The molecule has 0 unspecified atom stereocenters. The molecule has 0 atom stereocenters. The minimum Gasteiger partial charge on any atom is -0.336 e. The maximum Gasteiger partial charge on any atom is 0.274 e. The Morgan fingerprint density at radius 2 is 1.96 bits per heavy atom. The van der Waals surface area contributed by atoms with E-state index < -0.39 is 0 Å². The Balaban J connectivity index is 1.36. The number of aromatic nitrogens is 2. The van der Waals surface area contributed by atoms with Crippen LogP contribution in [0.5, 0.6) is 0 Å². The molecule has 24 heavy (non-hydrogen) atoms. The molecule has 2 heterocycles. The lowest BCUT2D eigenvalue weighted by Crippen LogP contribution is -2.35. The molecule has 1 saturated heterocycles. The SMILES string of the molecule is O=C(c1cc(C2CC2)[nH]n1)N1CCCN(Cc2ccccc2)CC1. The lowest BCUT2D eigenvalue weighted by Gasteiger charge is -2.21. The maximum atomic E-state index is 12.7. The van der Waals surface area contributed by atoms with Gasteiger partial charge in [0.25, 0.3) is 5.91 Å². The molecule has 2 aliphatic rings. The molecule has 4 rings (SSSR count). The van der Waals surface area contributed by atoms with Gasteiger partial charge in [-0.3, -0.25) is 14.8 Å². The zero-order chi connectivity index (χ0) is 16.4. The summed E-state index contributed by atoms with van der Waals surface area (Å²) in [5, 5.41) is 7.28. The van der Waals surface area contributed by atoms with Gasteiger partial charge in [0.05, 0.1) is 0 Å². The molecule has 2 aromatic rings. The molecule has 0 spiro atoms. The molecule has 1 aromatic heterocycles. The maximum absolute atomic E-state index is 12.7. The van der Waals surface area contributed by atoms with Crippen molar-refractivity contribution in [2.75, 3.05) is 26.2 Å². The fraction of sp³-hybridized carbons (Fsp3) is 0.474. The Morgan fingerprint density at radius 3 is 2.75 bits per heavy atom. The quantitative estimate of drug-likeness (QED) is 0.940. The van der Waals surface area contributed by atoms with Crippen LogP contribution < -0.4 is 0 Å². The van der Waals surface area contributed by atoms with Gasteiger partial charge >= 0.3 is 0 Å². The number of benzene rings is 1. The highest BCUT2D eigenvalue weighted by molar-refractivity contribution is 5.92. The van der Waals surface area contributed by atoms with Crippen molar-refractivity contribution in [2.24, 2.45) is 0 Å². The molecule has 5 nitrogen and oxygen atoms in total. The van der Waals surface area contributed by atoms with Crippen molar-refractivity contribution in [3.63, 3.8) is 0 Å². The van der Waals surface area contributed by atoms with Crippen LogP contribution >= 0.6 is 0 Å². The minimum atomic E-state index is 0.0692. The number of aromatic amines is 1. The Labute approximate surface area is 142 Å². The lowest BCUT2D eigenvalue weighted by atomic mass is 10.2. The summed E-state index contributed by atoms with van der Waals surface area (Å²) in [7, 11) is 0. The van der Waals surface area contributed by atoms with Crippen molar-refractivity contribution in [1.82, 2.24) is 20.0 Å². The van der Waals surface area contributed by atoms with E-state index in [1.165, 1.54) is 18.4 Å². The fourth-order valence-electron chi connectivity index (χ4n) is 3.39. The average Bonchev–Trinajstić information content (AvgIpc) is 3.39. The highest BCUT2D eigenvalue weighted by Crippen LogP contribution is 2.39. The number of carbonyl (C=O) groups excluding carboxylic acids is 1. The predicted molar refractivity (Wildman–Crippen MR) is 92.8 cm³/mol. The number of nitrogens with one attached hydrogen (secondary N) is 1. The van der Waals surface area contributed by atoms with E-state index in [4.69, 9.17) is 0 Å². The fourth-order valence-corrected chi connectivity index (χ4v) is 3.39. The summed E-state index contributed by atoms with van der Waals surface area (Å²) >= 11 is 0. The second kappa shape index (κ2) is 6.77. The smallest absolute Gasteiger partial charge is 0.274 e. The van der Waals surface area contributed by atoms with Crippen molar-refractivity contribution in [2.45, 2.75) is 31.7 Å². The van der Waals surface area contributed by atoms with Crippen molar-refractivity contribution in [3.05, 3.63) is 53.3 Å². The minimum absolute atomic E-state index is 0.0692. The molecule has 5 heteroatoms. The number of amides is 1. The number of nitrogens with zero attached hydrogens (tertiary/aromatic N) is 3. The van der Waals surface area contributed by atoms with E-state index >= 15 is 0 Å². The third-order valence-corrected chi connectivity index (χ3v) is 4.96. The topological polar surface area (TPSA) is 52.2 Å². The lowest BCUT2D eigenvalue weighted by molar-refractivity contribution is 0.0755. The van der Waals surface area contributed by atoms with Gasteiger partial charge in [-0.25, -0.2) is 0 Å². The molecule has 0 bridgehead atoms. The van der Waals surface area contributed by atoms with Crippen LogP contribution in [0.2, 0.25) is 0 Å². The van der Waals surface area contributed by atoms with E-state index in [1.807, 2.05) is 17.0 Å². The molecule has 1 aromatic carbocycles. The first-order chi connectivity index (χ1) is 11.8. The van der Waals surface area contributed by atoms with Gasteiger partial charge in [0.2, 0.25) is 0 Å². The third kappa shape index (κ3) is 3.51. The van der Waals surface area contributed by atoms with Crippen LogP contribution in [0.3, 0.4) is 0 Å². The summed E-state index contributed by atoms with van der Waals surface area (Å²) in [6.07, 6.45) is 3.44. The van der Waals surface area contributed by atoms with Gasteiger partial charge in [-0.15, -0.1) is 0 Å². The van der Waals surface area contributed by atoms with Crippen LogP contribution in [0.4, 0.5) is 0 Å². The van der Waals surface area contributed by atoms with E-state index in [2.05, 4.69) is 39.4 Å². The molecular weight excluding hydrogens is 300 g/mol. The largest absolute Gasteiger partial charge is 0.336 e. The predicted octanol–water partition coefficient (Wildman–Crippen LogP) is 2.64. The number of rotatable bonds is 4. The highest BCUT2D eigenvalue weighted by Gasteiger charge is 2.28. The first-order valence-electron chi connectivity index (χ1n) is 8.90. The van der Waals surface area contributed by atoms with E-state index in [-0.39, 0.29) is 5.91 Å². The van der Waals surface area contributed by atoms with E-state index in [0.29, 0.717) is 11.6 Å². The molecule has 1 saturated carbocycles. The van der Waals surface area contributed by atoms with Crippen LogP contribution in [0.1, 0.15) is 46.9 Å². The molecule has 0 radical (unpaired) electrons. The standard InChI is InChI=1S/C19H24N4O/c24-19(18-13-17(20-21-18)16-7-8-16)23-10-4-9-22(11-12-23)14-15-5-2-1-3-6-15/h1-3,5-6,13,16H,4,7-12,14H2,(H,20,21). The summed E-state index contributed by atoms with van der Waals surface area (Å²) in [5.41, 5.74) is 3.03.